The monoisotopic (exact) mass is 739 g/mol. The van der Waals surface area contributed by atoms with Crippen LogP contribution < -0.4 is 4.74 Å². The molecular formula is C51H21N3O4. The highest BCUT2D eigenvalue weighted by Gasteiger charge is 2.15. The largest absolute Gasteiger partial charge is 0.507 e. The van der Waals surface area contributed by atoms with Gasteiger partial charge in [0.15, 0.2) is 17.5 Å². The van der Waals surface area contributed by atoms with E-state index in [-0.39, 0.29) is 19.0 Å². The summed E-state index contributed by atoms with van der Waals surface area (Å²) in [5.41, 5.74) is 2.00. The van der Waals surface area contributed by atoms with Gasteiger partial charge in [0, 0.05) is 70.5 Å². The van der Waals surface area contributed by atoms with Gasteiger partial charge in [0.05, 0.1) is 5.56 Å². The van der Waals surface area contributed by atoms with Crippen molar-refractivity contribution in [2.45, 2.75) is 6.92 Å². The van der Waals surface area contributed by atoms with Gasteiger partial charge in [-0.15, -0.1) is 0 Å². The minimum Gasteiger partial charge on any atom is -0.507 e. The lowest BCUT2D eigenvalue weighted by molar-refractivity contribution is -0.137. The Hall–Kier alpha value is -9.98. The standard InChI is InChI=1S/C51H21N3O4/c1-2-3-4-5-6-7-8-9-10-11-12-13-14-15-16-17-18-19-20-21-22-23-24-25-32-37-48(56)58-41-40-57-45-38-39-46(47(55)42-45)51-53-49(43-33-28-26-29-34-43)52-50(54-51)44-35-30-27-31-36-44/h26-31,33-36,38-39,42,55H,40-41H2,1H3. The average Bonchev–Trinajstić information content (AvgIpc) is 3.25. The summed E-state index contributed by atoms with van der Waals surface area (Å²) in [5, 5.41) is 10.9. The molecule has 264 valence electrons. The van der Waals surface area contributed by atoms with Crippen LogP contribution in [0.2, 0.25) is 0 Å². The molecule has 4 aromatic rings. The first-order valence-electron chi connectivity index (χ1n) is 16.6. The van der Waals surface area contributed by atoms with E-state index in [1.807, 2.05) is 60.7 Å². The average molecular weight is 740 g/mol. The van der Waals surface area contributed by atoms with E-state index in [4.69, 9.17) is 9.47 Å². The van der Waals surface area contributed by atoms with E-state index >= 15 is 0 Å². The molecule has 0 bridgehead atoms. The van der Waals surface area contributed by atoms with Gasteiger partial charge in [0.2, 0.25) is 0 Å². The summed E-state index contributed by atoms with van der Waals surface area (Å²) >= 11 is 0. The van der Waals surface area contributed by atoms with E-state index in [9.17, 15) is 9.90 Å². The highest BCUT2D eigenvalue weighted by molar-refractivity contribution is 5.89. The number of ether oxygens (including phenoxy) is 2. The zero-order chi connectivity index (χ0) is 40.7. The minimum absolute atomic E-state index is 0.0119. The highest BCUT2D eigenvalue weighted by atomic mass is 16.6. The second kappa shape index (κ2) is 25.1. The molecule has 0 fully saturated rings. The molecule has 7 heteroatoms. The molecule has 3 aromatic carbocycles. The Morgan fingerprint density at radius 1 is 0.500 bits per heavy atom. The van der Waals surface area contributed by atoms with E-state index in [1.54, 1.807) is 19.1 Å². The number of carbonyl (C=O) groups excluding carboxylic acids is 1. The molecule has 0 aliphatic heterocycles. The van der Waals surface area contributed by atoms with Gasteiger partial charge in [-0.1, -0.05) is 66.6 Å². The number of hydrogen-bond donors (Lipinski definition) is 1. The summed E-state index contributed by atoms with van der Waals surface area (Å²) < 4.78 is 10.7. The molecule has 0 amide bonds. The van der Waals surface area contributed by atoms with Crippen molar-refractivity contribution < 1.29 is 19.4 Å². The van der Waals surface area contributed by atoms with Crippen LogP contribution in [0, 0.1) is 154 Å². The van der Waals surface area contributed by atoms with Gasteiger partial charge in [-0.05, 0) is 114 Å². The molecule has 0 atom stereocenters. The smallest absolute Gasteiger partial charge is 0.385 e. The summed E-state index contributed by atoms with van der Waals surface area (Å²) in [6.07, 6.45) is 0. The van der Waals surface area contributed by atoms with E-state index in [0.717, 1.165) is 11.1 Å². The molecule has 0 unspecified atom stereocenters. The Balaban J connectivity index is 1.19. The zero-order valence-corrected chi connectivity index (χ0v) is 30.4. The maximum Gasteiger partial charge on any atom is 0.385 e. The molecule has 1 aromatic heterocycles. The Labute approximate surface area is 337 Å². The number of aromatic hydroxyl groups is 1. The molecule has 1 N–H and O–H groups in total. The van der Waals surface area contributed by atoms with Gasteiger partial charge in [0.25, 0.3) is 0 Å². The normalized spacial score (nSPS) is 7.60. The lowest BCUT2D eigenvalue weighted by Gasteiger charge is -2.11. The van der Waals surface area contributed by atoms with Crippen molar-refractivity contribution in [1.82, 2.24) is 15.0 Å². The second-order valence-electron chi connectivity index (χ2n) is 10.1. The van der Waals surface area contributed by atoms with Gasteiger partial charge >= 0.3 is 5.97 Å². The lowest BCUT2D eigenvalue weighted by Crippen LogP contribution is -2.10. The van der Waals surface area contributed by atoms with Gasteiger partial charge in [-0.2, -0.15) is 0 Å². The van der Waals surface area contributed by atoms with Crippen LogP contribution in [-0.4, -0.2) is 39.2 Å². The molecule has 4 rings (SSSR count). The maximum absolute atomic E-state index is 11.9. The molecule has 0 saturated carbocycles. The predicted molar refractivity (Wildman–Crippen MR) is 221 cm³/mol. The van der Waals surface area contributed by atoms with Gasteiger partial charge < -0.3 is 14.6 Å². The van der Waals surface area contributed by atoms with E-state index < -0.39 is 5.97 Å². The van der Waals surface area contributed by atoms with E-state index in [0.29, 0.717) is 28.8 Å². The van der Waals surface area contributed by atoms with Crippen molar-refractivity contribution in [3.63, 3.8) is 0 Å². The summed E-state index contributed by atoms with van der Waals surface area (Å²) in [6, 6.07) is 23.7. The molecule has 0 saturated heterocycles. The second-order valence-corrected chi connectivity index (χ2v) is 10.1. The first kappa shape index (κ1) is 40.8. The Bertz CT molecular complexity index is 3010. The fourth-order valence-electron chi connectivity index (χ4n) is 3.88. The summed E-state index contributed by atoms with van der Waals surface area (Å²) in [6.45, 7) is 1.61. The third kappa shape index (κ3) is 15.7. The Morgan fingerprint density at radius 3 is 1.31 bits per heavy atom. The van der Waals surface area contributed by atoms with Crippen LogP contribution >= 0.6 is 0 Å². The number of esters is 1. The number of nitrogens with zero attached hydrogens (tertiary/aromatic N) is 3. The van der Waals surface area contributed by atoms with Crippen molar-refractivity contribution in [1.29, 1.82) is 0 Å². The summed E-state index contributed by atoms with van der Waals surface area (Å²) in [5.74, 6) is 65.3. The summed E-state index contributed by atoms with van der Waals surface area (Å²) in [4.78, 5) is 25.8. The molecule has 0 radical (unpaired) electrons. The highest BCUT2D eigenvalue weighted by Crippen LogP contribution is 2.32. The number of carbonyl (C=O) groups is 1. The third-order valence-electron chi connectivity index (χ3n) is 6.22. The predicted octanol–water partition coefficient (Wildman–Crippen LogP) is 4.56. The molecule has 58 heavy (non-hydrogen) atoms. The van der Waals surface area contributed by atoms with Crippen molar-refractivity contribution in [2.75, 3.05) is 13.2 Å². The molecule has 7 nitrogen and oxygen atoms in total. The van der Waals surface area contributed by atoms with Gasteiger partial charge in [0.1, 0.15) is 24.7 Å². The van der Waals surface area contributed by atoms with E-state index in [2.05, 4.69) is 169 Å². The Morgan fingerprint density at radius 2 is 0.897 bits per heavy atom. The van der Waals surface area contributed by atoms with Crippen molar-refractivity contribution in [3.8, 4) is 200 Å². The third-order valence-corrected chi connectivity index (χ3v) is 6.22. The molecule has 0 spiro atoms. The minimum atomic E-state index is -0.795. The number of hydrogen-bond acceptors (Lipinski definition) is 7. The first-order valence-corrected chi connectivity index (χ1v) is 16.6. The first-order chi connectivity index (χ1) is 28.6. The number of phenolic OH excluding ortho intramolecular Hbond substituents is 1. The molecule has 0 aliphatic rings. The van der Waals surface area contributed by atoms with Crippen molar-refractivity contribution in [3.05, 3.63) is 78.9 Å². The quantitative estimate of drug-likeness (QED) is 0.129. The van der Waals surface area contributed by atoms with Crippen LogP contribution in [0.25, 0.3) is 34.2 Å². The number of phenols is 1. The number of benzene rings is 3. The number of aromatic nitrogens is 3. The van der Waals surface area contributed by atoms with Crippen LogP contribution in [0.1, 0.15) is 6.92 Å². The SMILES string of the molecule is CC#CC#CC#CC#CC#CC#CC#CC#CC#CC#CC#CC#CC#CC(=O)OCCOc1ccc(-c2nc(-c3ccccc3)nc(-c3ccccc3)n2)c(O)c1. The molecular weight excluding hydrogens is 719 g/mol. The van der Waals surface area contributed by atoms with Gasteiger partial charge in [-0.25, -0.2) is 19.7 Å². The lowest BCUT2D eigenvalue weighted by atomic mass is 10.1. The molecule has 1 heterocycles. The molecule has 0 aliphatic carbocycles. The van der Waals surface area contributed by atoms with Crippen LogP contribution in [0.5, 0.6) is 11.5 Å². The number of rotatable bonds is 7. The fourth-order valence-corrected chi connectivity index (χ4v) is 3.88. The van der Waals surface area contributed by atoms with E-state index in [1.165, 1.54) is 6.07 Å². The van der Waals surface area contributed by atoms with Gasteiger partial charge in [-0.3, -0.25) is 0 Å². The maximum atomic E-state index is 11.9. The summed E-state index contributed by atoms with van der Waals surface area (Å²) in [7, 11) is 0. The van der Waals surface area contributed by atoms with Crippen LogP contribution in [0.3, 0.4) is 0 Å². The van der Waals surface area contributed by atoms with Crippen molar-refractivity contribution in [2.24, 2.45) is 0 Å². The topological polar surface area (TPSA) is 94.4 Å². The Kier molecular flexibility index (Phi) is 17.6. The van der Waals surface area contributed by atoms with Crippen LogP contribution in [0.4, 0.5) is 0 Å². The fraction of sp³-hybridized carbons (Fsp3) is 0.0588. The van der Waals surface area contributed by atoms with Crippen LogP contribution in [0.15, 0.2) is 78.9 Å². The zero-order valence-electron chi connectivity index (χ0n) is 30.4. The van der Waals surface area contributed by atoms with Crippen molar-refractivity contribution >= 4 is 5.97 Å². The van der Waals surface area contributed by atoms with Crippen LogP contribution in [-0.2, 0) is 9.53 Å².